The van der Waals surface area contributed by atoms with E-state index in [0.29, 0.717) is 6.61 Å². The molecule has 2 aliphatic rings. The molecule has 3 rings (SSSR count). The number of benzene rings is 1. The predicted molar refractivity (Wildman–Crippen MR) is 55.1 cm³/mol. The second-order valence-electron chi connectivity index (χ2n) is 3.86. The lowest BCUT2D eigenvalue weighted by Crippen LogP contribution is -2.22. The minimum absolute atomic E-state index is 0.302. The summed E-state index contributed by atoms with van der Waals surface area (Å²) in [6.45, 7) is 0.683. The van der Waals surface area contributed by atoms with E-state index < -0.39 is 12.1 Å². The van der Waals surface area contributed by atoms with Crippen LogP contribution in [0.3, 0.4) is 0 Å². The lowest BCUT2D eigenvalue weighted by atomic mass is 10.0. The van der Waals surface area contributed by atoms with E-state index in [1.54, 1.807) is 6.07 Å². The van der Waals surface area contributed by atoms with E-state index in [0.717, 1.165) is 23.3 Å². The topological polar surface area (TPSA) is 67.4 Å². The monoisotopic (exact) mass is 218 g/mol. The molecule has 0 spiro atoms. The summed E-state index contributed by atoms with van der Waals surface area (Å²) in [6, 6.07) is 4.55. The van der Waals surface area contributed by atoms with Gasteiger partial charge in [0.2, 0.25) is 0 Å². The third-order valence-corrected chi connectivity index (χ3v) is 2.82. The molecule has 0 saturated carbocycles. The number of ether oxygens (including phenoxy) is 1. The molecule has 1 unspecified atom stereocenters. The Morgan fingerprint density at radius 1 is 1.31 bits per heavy atom. The molecule has 1 aromatic carbocycles. The van der Waals surface area contributed by atoms with E-state index in [4.69, 9.17) is 4.74 Å². The summed E-state index contributed by atoms with van der Waals surface area (Å²) in [6.07, 6.45) is 0.853. The maximum absolute atomic E-state index is 11.5. The molecule has 0 aliphatic carbocycles. The standard InChI is InChI=1S/C11H10N2O3/c14-10-9(12-11(15)13-10)7-1-2-8-6(5-7)3-4-16-8/h1-2,5,9H,3-4H2,(H2,12,13,14,15). The van der Waals surface area contributed by atoms with Crippen LogP contribution in [0.15, 0.2) is 18.2 Å². The quantitative estimate of drug-likeness (QED) is 0.674. The van der Waals surface area contributed by atoms with Crippen molar-refractivity contribution in [3.8, 4) is 5.75 Å². The molecule has 0 bridgehead atoms. The third kappa shape index (κ3) is 1.32. The molecule has 0 aromatic heterocycles. The Balaban J connectivity index is 1.95. The van der Waals surface area contributed by atoms with Gasteiger partial charge in [-0.15, -0.1) is 0 Å². The predicted octanol–water partition coefficient (Wildman–Crippen LogP) is 0.502. The second-order valence-corrected chi connectivity index (χ2v) is 3.86. The van der Waals surface area contributed by atoms with Gasteiger partial charge in [-0.05, 0) is 23.3 Å². The van der Waals surface area contributed by atoms with Gasteiger partial charge in [-0.2, -0.15) is 0 Å². The second kappa shape index (κ2) is 3.23. The van der Waals surface area contributed by atoms with Gasteiger partial charge >= 0.3 is 6.03 Å². The van der Waals surface area contributed by atoms with E-state index in [-0.39, 0.29) is 5.91 Å². The summed E-state index contributed by atoms with van der Waals surface area (Å²) in [5.74, 6) is 0.567. The molecule has 0 radical (unpaired) electrons. The van der Waals surface area contributed by atoms with Crippen LogP contribution in [0.5, 0.6) is 5.75 Å². The fourth-order valence-corrected chi connectivity index (χ4v) is 2.04. The maximum Gasteiger partial charge on any atom is 0.322 e. The van der Waals surface area contributed by atoms with Gasteiger partial charge in [0.25, 0.3) is 5.91 Å². The first-order valence-corrected chi connectivity index (χ1v) is 5.11. The highest BCUT2D eigenvalue weighted by atomic mass is 16.5. The summed E-state index contributed by atoms with van der Waals surface area (Å²) in [7, 11) is 0. The number of hydrogen-bond acceptors (Lipinski definition) is 3. The Morgan fingerprint density at radius 2 is 2.19 bits per heavy atom. The van der Waals surface area contributed by atoms with E-state index in [1.165, 1.54) is 0 Å². The molecule has 1 fully saturated rings. The normalized spacial score (nSPS) is 22.4. The van der Waals surface area contributed by atoms with Crippen LogP contribution in [-0.4, -0.2) is 18.5 Å². The lowest BCUT2D eigenvalue weighted by molar-refractivity contribution is -0.120. The van der Waals surface area contributed by atoms with Crippen molar-refractivity contribution in [2.45, 2.75) is 12.5 Å². The van der Waals surface area contributed by atoms with Gasteiger partial charge < -0.3 is 10.1 Å². The number of carbonyl (C=O) groups excluding carboxylic acids is 2. The molecule has 82 valence electrons. The van der Waals surface area contributed by atoms with E-state index in [9.17, 15) is 9.59 Å². The zero-order valence-electron chi connectivity index (χ0n) is 8.45. The van der Waals surface area contributed by atoms with Gasteiger partial charge in [0.15, 0.2) is 0 Å². The summed E-state index contributed by atoms with van der Waals surface area (Å²) >= 11 is 0. The average molecular weight is 218 g/mol. The number of imide groups is 1. The summed E-state index contributed by atoms with van der Waals surface area (Å²) in [4.78, 5) is 22.5. The van der Waals surface area contributed by atoms with Crippen LogP contribution in [0.25, 0.3) is 0 Å². The van der Waals surface area contributed by atoms with Gasteiger partial charge in [0.1, 0.15) is 11.8 Å². The van der Waals surface area contributed by atoms with Crippen molar-refractivity contribution >= 4 is 11.9 Å². The van der Waals surface area contributed by atoms with Gasteiger partial charge in [-0.1, -0.05) is 6.07 Å². The molecule has 1 saturated heterocycles. The van der Waals surface area contributed by atoms with Crippen LogP contribution in [0.4, 0.5) is 4.79 Å². The number of nitrogens with one attached hydrogen (secondary N) is 2. The van der Waals surface area contributed by atoms with Gasteiger partial charge in [0.05, 0.1) is 6.61 Å². The van der Waals surface area contributed by atoms with Crippen molar-refractivity contribution in [1.82, 2.24) is 10.6 Å². The van der Waals surface area contributed by atoms with Gasteiger partial charge in [0, 0.05) is 6.42 Å². The summed E-state index contributed by atoms with van der Waals surface area (Å²) in [5, 5.41) is 4.78. The SMILES string of the molecule is O=C1NC(=O)C(c2ccc3c(c2)CCO3)N1. The van der Waals surface area contributed by atoms with Crippen molar-refractivity contribution < 1.29 is 14.3 Å². The van der Waals surface area contributed by atoms with Crippen molar-refractivity contribution in [3.63, 3.8) is 0 Å². The van der Waals surface area contributed by atoms with E-state index in [2.05, 4.69) is 10.6 Å². The first-order valence-electron chi connectivity index (χ1n) is 5.11. The molecule has 2 heterocycles. The van der Waals surface area contributed by atoms with Crippen LogP contribution >= 0.6 is 0 Å². The first-order chi connectivity index (χ1) is 7.74. The van der Waals surface area contributed by atoms with Gasteiger partial charge in [-0.25, -0.2) is 4.79 Å². The Bertz CT molecular complexity index is 484. The van der Waals surface area contributed by atoms with E-state index in [1.807, 2.05) is 12.1 Å². The molecular weight excluding hydrogens is 208 g/mol. The lowest BCUT2D eigenvalue weighted by Gasteiger charge is -2.08. The first kappa shape index (κ1) is 9.21. The number of amides is 3. The van der Waals surface area contributed by atoms with Crippen LogP contribution in [-0.2, 0) is 11.2 Å². The largest absolute Gasteiger partial charge is 0.493 e. The molecule has 1 aromatic rings. The smallest absolute Gasteiger partial charge is 0.322 e. The maximum atomic E-state index is 11.5. The molecule has 2 aliphatic heterocycles. The highest BCUT2D eigenvalue weighted by molar-refractivity contribution is 6.04. The average Bonchev–Trinajstić information content (AvgIpc) is 2.83. The Morgan fingerprint density at radius 3 is 2.94 bits per heavy atom. The molecule has 1 atom stereocenters. The van der Waals surface area contributed by atoms with Crippen molar-refractivity contribution in [2.24, 2.45) is 0 Å². The Hall–Kier alpha value is -2.04. The van der Waals surface area contributed by atoms with Crippen LogP contribution in [0.1, 0.15) is 17.2 Å². The molecule has 5 heteroatoms. The van der Waals surface area contributed by atoms with E-state index >= 15 is 0 Å². The van der Waals surface area contributed by atoms with Crippen LogP contribution in [0, 0.1) is 0 Å². The minimum Gasteiger partial charge on any atom is -0.493 e. The zero-order chi connectivity index (χ0) is 11.1. The Kier molecular flexibility index (Phi) is 1.86. The molecule has 3 amide bonds. The van der Waals surface area contributed by atoms with Crippen molar-refractivity contribution in [2.75, 3.05) is 6.61 Å². The summed E-state index contributed by atoms with van der Waals surface area (Å²) in [5.41, 5.74) is 1.89. The number of hydrogen-bond donors (Lipinski definition) is 2. The highest BCUT2D eigenvalue weighted by Gasteiger charge is 2.31. The third-order valence-electron chi connectivity index (χ3n) is 2.82. The molecular formula is C11H10N2O3. The Labute approximate surface area is 91.8 Å². The minimum atomic E-state index is -0.571. The fraction of sp³-hybridized carbons (Fsp3) is 0.273. The highest BCUT2D eigenvalue weighted by Crippen LogP contribution is 2.28. The summed E-state index contributed by atoms with van der Waals surface area (Å²) < 4.78 is 5.38. The number of fused-ring (bicyclic) bond motifs is 1. The number of urea groups is 1. The zero-order valence-corrected chi connectivity index (χ0v) is 8.45. The molecule has 16 heavy (non-hydrogen) atoms. The number of carbonyl (C=O) groups is 2. The van der Waals surface area contributed by atoms with Gasteiger partial charge in [-0.3, -0.25) is 10.1 Å². The van der Waals surface area contributed by atoms with Crippen LogP contribution in [0.2, 0.25) is 0 Å². The van der Waals surface area contributed by atoms with Crippen molar-refractivity contribution in [3.05, 3.63) is 29.3 Å². The number of rotatable bonds is 1. The molecule has 2 N–H and O–H groups in total. The molecule has 5 nitrogen and oxygen atoms in total. The fourth-order valence-electron chi connectivity index (χ4n) is 2.04. The van der Waals surface area contributed by atoms with Crippen molar-refractivity contribution in [1.29, 1.82) is 0 Å². The van der Waals surface area contributed by atoms with Crippen LogP contribution < -0.4 is 15.4 Å².